The van der Waals surface area contributed by atoms with Gasteiger partial charge >= 0.3 is 0 Å². The number of rotatable bonds is 2. The van der Waals surface area contributed by atoms with Crippen LogP contribution in [0.4, 0.5) is 0 Å². The molecule has 76 valence electrons. The molecule has 1 N–H and O–H groups in total. The van der Waals surface area contributed by atoms with Gasteiger partial charge in [0, 0.05) is 16.7 Å². The van der Waals surface area contributed by atoms with Crippen LogP contribution in [0.5, 0.6) is 5.75 Å². The molecule has 1 saturated carbocycles. The molecule has 0 saturated heterocycles. The third kappa shape index (κ3) is 1.58. The van der Waals surface area contributed by atoms with Crippen molar-refractivity contribution in [1.29, 1.82) is 0 Å². The summed E-state index contributed by atoms with van der Waals surface area (Å²) < 4.78 is 5.06. The van der Waals surface area contributed by atoms with Gasteiger partial charge in [0.25, 0.3) is 0 Å². The van der Waals surface area contributed by atoms with Gasteiger partial charge in [0.05, 0.1) is 17.7 Å². The summed E-state index contributed by atoms with van der Waals surface area (Å²) >= 11 is 11.9. The van der Waals surface area contributed by atoms with E-state index in [-0.39, 0.29) is 0 Å². The fourth-order valence-corrected chi connectivity index (χ4v) is 2.01. The molecule has 2 nitrogen and oxygen atoms in total. The molecule has 0 radical (unpaired) electrons. The van der Waals surface area contributed by atoms with E-state index in [1.54, 1.807) is 12.1 Å². The number of aliphatic hydroxyl groups is 1. The Kier molecular flexibility index (Phi) is 2.38. The second-order valence-corrected chi connectivity index (χ2v) is 4.32. The maximum Gasteiger partial charge on any atom is 0.139 e. The molecule has 1 aliphatic rings. The highest BCUT2D eigenvalue weighted by atomic mass is 35.5. The Bertz CT molecular complexity index is 373. The number of methoxy groups -OCH3 is 1. The van der Waals surface area contributed by atoms with E-state index in [0.717, 1.165) is 12.8 Å². The fraction of sp³-hybridized carbons (Fsp3) is 0.400. The number of halogens is 2. The Morgan fingerprint density at radius 1 is 1.36 bits per heavy atom. The fourth-order valence-electron chi connectivity index (χ4n) is 1.44. The van der Waals surface area contributed by atoms with Crippen LogP contribution in [0.1, 0.15) is 18.4 Å². The minimum absolute atomic E-state index is 0.455. The molecule has 1 fully saturated rings. The highest BCUT2D eigenvalue weighted by molar-refractivity contribution is 6.35. The van der Waals surface area contributed by atoms with Gasteiger partial charge in [0.1, 0.15) is 5.75 Å². The Morgan fingerprint density at radius 3 is 2.50 bits per heavy atom. The maximum atomic E-state index is 9.93. The molecule has 0 heterocycles. The van der Waals surface area contributed by atoms with Gasteiger partial charge in [-0.05, 0) is 18.9 Å². The summed E-state index contributed by atoms with van der Waals surface area (Å²) in [5.74, 6) is 0.509. The van der Waals surface area contributed by atoms with Gasteiger partial charge in [-0.1, -0.05) is 23.2 Å². The van der Waals surface area contributed by atoms with Crippen LogP contribution >= 0.6 is 23.2 Å². The first-order valence-electron chi connectivity index (χ1n) is 4.33. The molecule has 14 heavy (non-hydrogen) atoms. The van der Waals surface area contributed by atoms with Gasteiger partial charge in [-0.3, -0.25) is 0 Å². The van der Waals surface area contributed by atoms with Crippen molar-refractivity contribution in [2.45, 2.75) is 18.4 Å². The molecule has 1 aliphatic carbocycles. The average Bonchev–Trinajstić information content (AvgIpc) is 2.88. The van der Waals surface area contributed by atoms with Gasteiger partial charge in [-0.15, -0.1) is 0 Å². The lowest BCUT2D eigenvalue weighted by Crippen LogP contribution is -2.05. The van der Waals surface area contributed by atoms with Crippen LogP contribution in [0, 0.1) is 0 Å². The zero-order valence-electron chi connectivity index (χ0n) is 7.68. The van der Waals surface area contributed by atoms with Crippen molar-refractivity contribution >= 4 is 23.2 Å². The molecule has 0 unspecified atom stereocenters. The summed E-state index contributed by atoms with van der Waals surface area (Å²) in [6, 6.07) is 3.33. The molecule has 0 spiro atoms. The Morgan fingerprint density at radius 2 is 2.00 bits per heavy atom. The third-order valence-corrected chi connectivity index (χ3v) is 3.06. The second-order valence-electron chi connectivity index (χ2n) is 3.50. The molecule has 2 rings (SSSR count). The Balaban J connectivity index is 2.54. The number of ether oxygens (including phenoxy) is 1. The van der Waals surface area contributed by atoms with Crippen molar-refractivity contribution in [2.24, 2.45) is 0 Å². The number of hydrogen-bond donors (Lipinski definition) is 1. The summed E-state index contributed by atoms with van der Waals surface area (Å²) in [4.78, 5) is 0. The Hall–Kier alpha value is -0.440. The lowest BCUT2D eigenvalue weighted by molar-refractivity contribution is 0.151. The molecular weight excluding hydrogens is 223 g/mol. The summed E-state index contributed by atoms with van der Waals surface area (Å²) in [5, 5.41) is 10.9. The normalized spacial score (nSPS) is 18.0. The summed E-state index contributed by atoms with van der Waals surface area (Å²) in [7, 11) is 1.53. The SMILES string of the molecule is COc1cc(Cl)cc(C2(O)CC2)c1Cl. The lowest BCUT2D eigenvalue weighted by Gasteiger charge is -2.13. The molecule has 1 aromatic rings. The second kappa shape index (κ2) is 3.30. The molecule has 4 heteroatoms. The van der Waals surface area contributed by atoms with Crippen LogP contribution in [0.2, 0.25) is 10.0 Å². The first kappa shape index (κ1) is 10.1. The van der Waals surface area contributed by atoms with E-state index in [4.69, 9.17) is 27.9 Å². The molecule has 0 atom stereocenters. The van der Waals surface area contributed by atoms with Crippen molar-refractivity contribution in [3.05, 3.63) is 27.7 Å². The van der Waals surface area contributed by atoms with E-state index in [1.807, 2.05) is 0 Å². The van der Waals surface area contributed by atoms with E-state index in [1.165, 1.54) is 7.11 Å². The van der Waals surface area contributed by atoms with Crippen molar-refractivity contribution in [1.82, 2.24) is 0 Å². The van der Waals surface area contributed by atoms with Crippen LogP contribution in [-0.2, 0) is 5.60 Å². The average molecular weight is 233 g/mol. The van der Waals surface area contributed by atoms with Crippen molar-refractivity contribution < 1.29 is 9.84 Å². The highest BCUT2D eigenvalue weighted by Gasteiger charge is 2.44. The van der Waals surface area contributed by atoms with E-state index in [2.05, 4.69) is 0 Å². The monoisotopic (exact) mass is 232 g/mol. The first-order valence-corrected chi connectivity index (χ1v) is 5.08. The van der Waals surface area contributed by atoms with Crippen LogP contribution in [0.25, 0.3) is 0 Å². The van der Waals surface area contributed by atoms with Crippen LogP contribution in [-0.4, -0.2) is 12.2 Å². The first-order chi connectivity index (χ1) is 6.57. The van der Waals surface area contributed by atoms with Gasteiger partial charge in [0.2, 0.25) is 0 Å². The molecule has 0 bridgehead atoms. The summed E-state index contributed by atoms with van der Waals surface area (Å²) in [5.41, 5.74) is -0.113. The van der Waals surface area contributed by atoms with Crippen molar-refractivity contribution in [2.75, 3.05) is 7.11 Å². The Labute approximate surface area is 92.4 Å². The summed E-state index contributed by atoms with van der Waals surface area (Å²) in [6.07, 6.45) is 1.46. The van der Waals surface area contributed by atoms with Crippen molar-refractivity contribution in [3.8, 4) is 5.75 Å². The minimum atomic E-state index is -0.782. The van der Waals surface area contributed by atoms with Gasteiger partial charge in [0.15, 0.2) is 0 Å². The maximum absolute atomic E-state index is 9.93. The van der Waals surface area contributed by atoms with Crippen LogP contribution in [0.3, 0.4) is 0 Å². The predicted molar refractivity (Wildman–Crippen MR) is 56.1 cm³/mol. The van der Waals surface area contributed by atoms with Crippen LogP contribution < -0.4 is 4.74 Å². The quantitative estimate of drug-likeness (QED) is 0.850. The van der Waals surface area contributed by atoms with Crippen molar-refractivity contribution in [3.63, 3.8) is 0 Å². The zero-order chi connectivity index (χ0) is 10.3. The molecule has 0 aromatic heterocycles. The van der Waals surface area contributed by atoms with Gasteiger partial charge in [-0.25, -0.2) is 0 Å². The number of benzene rings is 1. The largest absolute Gasteiger partial charge is 0.495 e. The highest BCUT2D eigenvalue weighted by Crippen LogP contribution is 2.50. The van der Waals surface area contributed by atoms with E-state index >= 15 is 0 Å². The van der Waals surface area contributed by atoms with E-state index < -0.39 is 5.60 Å². The van der Waals surface area contributed by atoms with Gasteiger partial charge < -0.3 is 9.84 Å². The van der Waals surface area contributed by atoms with E-state index in [0.29, 0.717) is 21.4 Å². The standard InChI is InChI=1S/C10H10Cl2O2/c1-14-8-5-6(11)4-7(9(8)12)10(13)2-3-10/h4-5,13H,2-3H2,1H3. The lowest BCUT2D eigenvalue weighted by atomic mass is 10.1. The molecule has 1 aromatic carbocycles. The molecule has 0 aliphatic heterocycles. The van der Waals surface area contributed by atoms with Gasteiger partial charge in [-0.2, -0.15) is 0 Å². The third-order valence-electron chi connectivity index (χ3n) is 2.45. The topological polar surface area (TPSA) is 29.5 Å². The van der Waals surface area contributed by atoms with E-state index in [9.17, 15) is 5.11 Å². The number of hydrogen-bond acceptors (Lipinski definition) is 2. The molecular formula is C10H10Cl2O2. The minimum Gasteiger partial charge on any atom is -0.495 e. The zero-order valence-corrected chi connectivity index (χ0v) is 9.19. The predicted octanol–water partition coefficient (Wildman–Crippen LogP) is 2.98. The molecule has 0 amide bonds. The summed E-state index contributed by atoms with van der Waals surface area (Å²) in [6.45, 7) is 0. The smallest absolute Gasteiger partial charge is 0.139 e. The van der Waals surface area contributed by atoms with Crippen LogP contribution in [0.15, 0.2) is 12.1 Å².